The summed E-state index contributed by atoms with van der Waals surface area (Å²) in [6, 6.07) is 5.73. The number of hydrogen-bond donors (Lipinski definition) is 2. The Labute approximate surface area is 107 Å². The Hall–Kier alpha value is -1.55. The fraction of sp³-hybridized carbons (Fsp3) is 0.500. The van der Waals surface area contributed by atoms with E-state index in [4.69, 9.17) is 4.74 Å². The van der Waals surface area contributed by atoms with E-state index in [1.807, 2.05) is 18.2 Å². The molecule has 1 aliphatic rings. The van der Waals surface area contributed by atoms with E-state index in [0.29, 0.717) is 19.4 Å². The number of anilines is 1. The second-order valence-electron chi connectivity index (χ2n) is 5.28. The minimum Gasteiger partial charge on any atom is -0.493 e. The monoisotopic (exact) mass is 249 g/mol. The molecule has 1 amide bonds. The average molecular weight is 249 g/mol. The molecule has 1 heterocycles. The van der Waals surface area contributed by atoms with Gasteiger partial charge >= 0.3 is 0 Å². The summed E-state index contributed by atoms with van der Waals surface area (Å²) in [6.07, 6.45) is 1.90. The molecule has 0 atom stereocenters. The quantitative estimate of drug-likeness (QED) is 0.859. The minimum absolute atomic E-state index is 0.0520. The third kappa shape index (κ3) is 3.47. The maximum Gasteiger partial charge on any atom is 0.224 e. The normalized spacial score (nSPS) is 14.9. The molecule has 0 unspecified atom stereocenters. The lowest BCUT2D eigenvalue weighted by Gasteiger charge is -2.19. The van der Waals surface area contributed by atoms with Crippen molar-refractivity contribution in [3.63, 3.8) is 0 Å². The number of carbonyl (C=O) groups excluding carboxylic acids is 1. The molecule has 2 N–H and O–H groups in total. The van der Waals surface area contributed by atoms with Crippen molar-refractivity contribution in [2.45, 2.75) is 38.7 Å². The van der Waals surface area contributed by atoms with Crippen LogP contribution in [0.5, 0.6) is 5.75 Å². The van der Waals surface area contributed by atoms with Gasteiger partial charge in [-0.05, 0) is 31.9 Å². The van der Waals surface area contributed by atoms with Gasteiger partial charge in [-0.15, -0.1) is 0 Å². The fourth-order valence-corrected chi connectivity index (χ4v) is 1.86. The number of aryl methyl sites for hydroxylation is 1. The van der Waals surface area contributed by atoms with Gasteiger partial charge in [0, 0.05) is 24.6 Å². The summed E-state index contributed by atoms with van der Waals surface area (Å²) < 4.78 is 5.57. The fourth-order valence-electron chi connectivity index (χ4n) is 1.86. The largest absolute Gasteiger partial charge is 0.493 e. The van der Waals surface area contributed by atoms with E-state index in [1.165, 1.54) is 0 Å². The summed E-state index contributed by atoms with van der Waals surface area (Å²) in [7, 11) is 0. The Bertz CT molecular complexity index is 449. The van der Waals surface area contributed by atoms with Gasteiger partial charge in [0.25, 0.3) is 0 Å². The predicted octanol–water partition coefficient (Wildman–Crippen LogP) is 2.11. The van der Waals surface area contributed by atoms with Crippen molar-refractivity contribution in [2.75, 3.05) is 11.9 Å². The summed E-state index contributed by atoms with van der Waals surface area (Å²) in [5.41, 5.74) is 1.26. The molecule has 4 nitrogen and oxygen atoms in total. The maximum absolute atomic E-state index is 11.3. The van der Waals surface area contributed by atoms with E-state index in [0.717, 1.165) is 23.4 Å². The van der Waals surface area contributed by atoms with Crippen molar-refractivity contribution >= 4 is 11.6 Å². The van der Waals surface area contributed by atoms with Crippen LogP contribution in [0.2, 0.25) is 0 Å². The number of hydrogen-bond acceptors (Lipinski definition) is 3. The van der Waals surface area contributed by atoms with E-state index in [9.17, 15) is 9.90 Å². The molecule has 1 aliphatic heterocycles. The van der Waals surface area contributed by atoms with Crippen molar-refractivity contribution in [2.24, 2.45) is 0 Å². The topological polar surface area (TPSA) is 58.6 Å². The van der Waals surface area contributed by atoms with Gasteiger partial charge in [0.2, 0.25) is 5.91 Å². The number of aliphatic hydroxyl groups is 1. The number of ether oxygens (including phenoxy) is 1. The zero-order chi connectivity index (χ0) is 13.2. The van der Waals surface area contributed by atoms with E-state index in [1.54, 1.807) is 13.8 Å². The summed E-state index contributed by atoms with van der Waals surface area (Å²) in [6.45, 7) is 3.96. The van der Waals surface area contributed by atoms with Crippen LogP contribution in [0.3, 0.4) is 0 Å². The lowest BCUT2D eigenvalue weighted by molar-refractivity contribution is -0.116. The third-order valence-electron chi connectivity index (χ3n) is 2.96. The molecule has 4 heteroatoms. The van der Waals surface area contributed by atoms with Crippen LogP contribution in [-0.2, 0) is 11.2 Å². The number of nitrogens with one attached hydrogen (secondary N) is 1. The third-order valence-corrected chi connectivity index (χ3v) is 2.96. The van der Waals surface area contributed by atoms with Crippen molar-refractivity contribution in [1.82, 2.24) is 0 Å². The van der Waals surface area contributed by atoms with Crippen LogP contribution in [-0.4, -0.2) is 23.2 Å². The molecule has 98 valence electrons. The van der Waals surface area contributed by atoms with Crippen LogP contribution < -0.4 is 10.1 Å². The SMILES string of the molecule is CC(C)(O)CCOc1ccc2c(c1)NC(=O)CC2. The summed E-state index contributed by atoms with van der Waals surface area (Å²) in [5, 5.41) is 12.4. The van der Waals surface area contributed by atoms with Crippen LogP contribution in [0.25, 0.3) is 0 Å². The smallest absolute Gasteiger partial charge is 0.224 e. The Kier molecular flexibility index (Phi) is 3.57. The van der Waals surface area contributed by atoms with E-state index in [2.05, 4.69) is 5.32 Å². The van der Waals surface area contributed by atoms with Gasteiger partial charge in [0.1, 0.15) is 5.75 Å². The lowest BCUT2D eigenvalue weighted by atomic mass is 10.0. The molecular weight excluding hydrogens is 230 g/mol. The number of fused-ring (bicyclic) bond motifs is 1. The van der Waals surface area contributed by atoms with Crippen LogP contribution in [0, 0.1) is 0 Å². The molecule has 1 aromatic carbocycles. The van der Waals surface area contributed by atoms with E-state index < -0.39 is 5.60 Å². The number of rotatable bonds is 4. The van der Waals surface area contributed by atoms with Crippen molar-refractivity contribution < 1.29 is 14.6 Å². The minimum atomic E-state index is -0.720. The van der Waals surface area contributed by atoms with Crippen molar-refractivity contribution in [1.29, 1.82) is 0 Å². The Morgan fingerprint density at radius 1 is 1.39 bits per heavy atom. The molecular formula is C14H19NO3. The summed E-state index contributed by atoms with van der Waals surface area (Å²) >= 11 is 0. The second-order valence-corrected chi connectivity index (χ2v) is 5.28. The Morgan fingerprint density at radius 3 is 2.89 bits per heavy atom. The zero-order valence-electron chi connectivity index (χ0n) is 10.8. The highest BCUT2D eigenvalue weighted by Gasteiger charge is 2.16. The first-order valence-electron chi connectivity index (χ1n) is 6.22. The molecule has 0 aromatic heterocycles. The van der Waals surface area contributed by atoms with Crippen LogP contribution >= 0.6 is 0 Å². The molecule has 0 bridgehead atoms. The molecule has 18 heavy (non-hydrogen) atoms. The van der Waals surface area contributed by atoms with Crippen LogP contribution in [0.15, 0.2) is 18.2 Å². The molecule has 2 rings (SSSR count). The number of amides is 1. The average Bonchev–Trinajstić information content (AvgIpc) is 2.26. The van der Waals surface area contributed by atoms with Crippen LogP contribution in [0.4, 0.5) is 5.69 Å². The molecule has 0 fully saturated rings. The van der Waals surface area contributed by atoms with Gasteiger partial charge in [-0.3, -0.25) is 4.79 Å². The summed E-state index contributed by atoms with van der Waals surface area (Å²) in [4.78, 5) is 11.3. The first-order chi connectivity index (χ1) is 8.44. The van der Waals surface area contributed by atoms with Crippen molar-refractivity contribution in [3.8, 4) is 5.75 Å². The predicted molar refractivity (Wildman–Crippen MR) is 69.8 cm³/mol. The van der Waals surface area contributed by atoms with E-state index in [-0.39, 0.29) is 5.91 Å². The van der Waals surface area contributed by atoms with Gasteiger partial charge in [-0.1, -0.05) is 6.07 Å². The molecule has 0 saturated heterocycles. The first-order valence-corrected chi connectivity index (χ1v) is 6.22. The van der Waals surface area contributed by atoms with Crippen LogP contribution in [0.1, 0.15) is 32.3 Å². The highest BCUT2D eigenvalue weighted by molar-refractivity contribution is 5.94. The number of benzene rings is 1. The first kappa shape index (κ1) is 12.9. The standard InChI is InChI=1S/C14H19NO3/c1-14(2,17)7-8-18-11-5-3-10-4-6-13(16)15-12(10)9-11/h3,5,9,17H,4,6-8H2,1-2H3,(H,15,16). The number of carbonyl (C=O) groups is 1. The Morgan fingerprint density at radius 2 is 2.17 bits per heavy atom. The lowest BCUT2D eigenvalue weighted by Crippen LogP contribution is -2.22. The molecule has 0 radical (unpaired) electrons. The van der Waals surface area contributed by atoms with Crippen molar-refractivity contribution in [3.05, 3.63) is 23.8 Å². The second kappa shape index (κ2) is 4.98. The highest BCUT2D eigenvalue weighted by Crippen LogP contribution is 2.27. The highest BCUT2D eigenvalue weighted by atomic mass is 16.5. The van der Waals surface area contributed by atoms with Gasteiger partial charge in [-0.25, -0.2) is 0 Å². The molecule has 1 aromatic rings. The maximum atomic E-state index is 11.3. The zero-order valence-corrected chi connectivity index (χ0v) is 10.8. The van der Waals surface area contributed by atoms with Gasteiger partial charge in [0.05, 0.1) is 12.2 Å². The summed E-state index contributed by atoms with van der Waals surface area (Å²) in [5.74, 6) is 0.774. The van der Waals surface area contributed by atoms with Gasteiger partial charge in [0.15, 0.2) is 0 Å². The molecule has 0 aliphatic carbocycles. The molecule has 0 saturated carbocycles. The van der Waals surface area contributed by atoms with Gasteiger partial charge < -0.3 is 15.2 Å². The van der Waals surface area contributed by atoms with Gasteiger partial charge in [-0.2, -0.15) is 0 Å². The van der Waals surface area contributed by atoms with E-state index >= 15 is 0 Å². The Balaban J connectivity index is 1.98. The molecule has 0 spiro atoms.